The maximum Gasteiger partial charge on any atom is 0.177 e. The molecule has 0 unspecified atom stereocenters. The molecule has 146 valence electrons. The standard InChI is InChI=1S/C24H38O2/c1-8-25-23(26-9-2)18-20(4)13-10-12-19(3)15-16-22-21(5)14-11-17-24(22,6)7/h10,12-13,15-16,18,23H,8-9,11,14,17H2,1-7H3/b13-10+,16-15+,19-12+,20-18+. The van der Waals surface area contributed by atoms with Crippen LogP contribution < -0.4 is 0 Å². The van der Waals surface area contributed by atoms with Crippen LogP contribution in [-0.2, 0) is 9.47 Å². The highest BCUT2D eigenvalue weighted by atomic mass is 16.7. The number of rotatable bonds is 9. The Morgan fingerprint density at radius 3 is 2.31 bits per heavy atom. The lowest BCUT2D eigenvalue weighted by molar-refractivity contribution is -0.104. The van der Waals surface area contributed by atoms with Crippen molar-refractivity contribution in [3.63, 3.8) is 0 Å². The van der Waals surface area contributed by atoms with Gasteiger partial charge < -0.3 is 9.47 Å². The average Bonchev–Trinajstić information content (AvgIpc) is 2.54. The number of hydrogen-bond acceptors (Lipinski definition) is 2. The molecule has 0 aromatic carbocycles. The number of hydrogen-bond donors (Lipinski definition) is 0. The van der Waals surface area contributed by atoms with Crippen LogP contribution in [0.5, 0.6) is 0 Å². The zero-order chi connectivity index (χ0) is 19.6. The highest BCUT2D eigenvalue weighted by molar-refractivity contribution is 5.37. The topological polar surface area (TPSA) is 18.5 Å². The van der Waals surface area contributed by atoms with Gasteiger partial charge in [-0.15, -0.1) is 0 Å². The number of allylic oxidation sites excluding steroid dienone is 9. The molecule has 26 heavy (non-hydrogen) atoms. The van der Waals surface area contributed by atoms with Gasteiger partial charge in [0.05, 0.1) is 0 Å². The van der Waals surface area contributed by atoms with E-state index >= 15 is 0 Å². The normalized spacial score (nSPS) is 19.4. The van der Waals surface area contributed by atoms with Crippen LogP contribution in [0.1, 0.15) is 67.7 Å². The van der Waals surface area contributed by atoms with Crippen molar-refractivity contribution in [3.05, 3.63) is 58.7 Å². The minimum atomic E-state index is -0.261. The predicted molar refractivity (Wildman–Crippen MR) is 113 cm³/mol. The van der Waals surface area contributed by atoms with Gasteiger partial charge in [0.15, 0.2) is 6.29 Å². The largest absolute Gasteiger partial charge is 0.349 e. The van der Waals surface area contributed by atoms with E-state index in [1.165, 1.54) is 36.0 Å². The monoisotopic (exact) mass is 358 g/mol. The third-order valence-corrected chi connectivity index (χ3v) is 4.83. The van der Waals surface area contributed by atoms with Crippen molar-refractivity contribution in [2.45, 2.75) is 74.0 Å². The molecule has 0 fully saturated rings. The molecule has 0 aliphatic heterocycles. The predicted octanol–water partition coefficient (Wildman–Crippen LogP) is 6.92. The highest BCUT2D eigenvalue weighted by Crippen LogP contribution is 2.40. The Bertz CT molecular complexity index is 579. The first-order valence-corrected chi connectivity index (χ1v) is 9.95. The van der Waals surface area contributed by atoms with Crippen LogP contribution in [-0.4, -0.2) is 19.5 Å². The van der Waals surface area contributed by atoms with Gasteiger partial charge in [0.1, 0.15) is 0 Å². The molecule has 2 nitrogen and oxygen atoms in total. The van der Waals surface area contributed by atoms with E-state index in [2.05, 4.69) is 65.0 Å². The van der Waals surface area contributed by atoms with Crippen molar-refractivity contribution in [2.75, 3.05) is 13.2 Å². The molecular weight excluding hydrogens is 320 g/mol. The molecule has 1 aliphatic rings. The molecule has 0 atom stereocenters. The van der Waals surface area contributed by atoms with Gasteiger partial charge in [-0.2, -0.15) is 0 Å². The summed E-state index contributed by atoms with van der Waals surface area (Å²) in [5.74, 6) is 0. The Morgan fingerprint density at radius 2 is 1.73 bits per heavy atom. The Hall–Kier alpha value is -1.38. The van der Waals surface area contributed by atoms with Gasteiger partial charge in [0.2, 0.25) is 0 Å². The smallest absolute Gasteiger partial charge is 0.177 e. The summed E-state index contributed by atoms with van der Waals surface area (Å²) < 4.78 is 11.1. The Balaban J connectivity index is 2.74. The molecule has 0 saturated heterocycles. The van der Waals surface area contributed by atoms with Gasteiger partial charge in [0.25, 0.3) is 0 Å². The molecule has 0 spiro atoms. The maximum atomic E-state index is 5.55. The zero-order valence-electron chi connectivity index (χ0n) is 17.9. The van der Waals surface area contributed by atoms with Gasteiger partial charge in [-0.3, -0.25) is 0 Å². The second-order valence-electron chi connectivity index (χ2n) is 7.72. The van der Waals surface area contributed by atoms with Crippen molar-refractivity contribution in [1.82, 2.24) is 0 Å². The first-order valence-electron chi connectivity index (χ1n) is 9.95. The van der Waals surface area contributed by atoms with Crippen LogP contribution >= 0.6 is 0 Å². The van der Waals surface area contributed by atoms with Crippen LogP contribution in [0.2, 0.25) is 0 Å². The van der Waals surface area contributed by atoms with E-state index in [4.69, 9.17) is 9.47 Å². The number of ether oxygens (including phenoxy) is 2. The molecule has 0 aromatic heterocycles. The van der Waals surface area contributed by atoms with Crippen LogP contribution in [0.4, 0.5) is 0 Å². The van der Waals surface area contributed by atoms with Crippen molar-refractivity contribution >= 4 is 0 Å². The molecule has 0 N–H and O–H groups in total. The lowest BCUT2D eigenvalue weighted by Crippen LogP contribution is -2.19. The summed E-state index contributed by atoms with van der Waals surface area (Å²) in [4.78, 5) is 0. The van der Waals surface area contributed by atoms with Crippen molar-refractivity contribution in [1.29, 1.82) is 0 Å². The summed E-state index contributed by atoms with van der Waals surface area (Å²) in [5.41, 5.74) is 5.73. The fourth-order valence-corrected chi connectivity index (χ4v) is 3.38. The second-order valence-corrected chi connectivity index (χ2v) is 7.72. The van der Waals surface area contributed by atoms with Gasteiger partial charge in [-0.05, 0) is 70.9 Å². The highest BCUT2D eigenvalue weighted by Gasteiger charge is 2.26. The fourth-order valence-electron chi connectivity index (χ4n) is 3.38. The van der Waals surface area contributed by atoms with Crippen molar-refractivity contribution in [2.24, 2.45) is 5.41 Å². The lowest BCUT2D eigenvalue weighted by atomic mass is 9.72. The quantitative estimate of drug-likeness (QED) is 0.329. The van der Waals surface area contributed by atoms with Crippen molar-refractivity contribution < 1.29 is 9.47 Å². The lowest BCUT2D eigenvalue weighted by Gasteiger charge is -2.32. The zero-order valence-corrected chi connectivity index (χ0v) is 17.9. The third-order valence-electron chi connectivity index (χ3n) is 4.83. The molecule has 2 heteroatoms. The maximum absolute atomic E-state index is 5.55. The van der Waals surface area contributed by atoms with E-state index < -0.39 is 0 Å². The molecule has 0 heterocycles. The summed E-state index contributed by atoms with van der Waals surface area (Å²) in [6, 6.07) is 0. The third kappa shape index (κ3) is 7.88. The molecule has 0 aromatic rings. The fraction of sp³-hybridized carbons (Fsp3) is 0.583. The summed E-state index contributed by atoms with van der Waals surface area (Å²) in [6.45, 7) is 16.5. The molecule has 0 bridgehead atoms. The van der Waals surface area contributed by atoms with Crippen LogP contribution in [0.15, 0.2) is 58.7 Å². The first-order chi connectivity index (χ1) is 12.3. The summed E-state index contributed by atoms with van der Waals surface area (Å²) in [6.07, 6.45) is 16.5. The second kappa shape index (κ2) is 11.4. The summed E-state index contributed by atoms with van der Waals surface area (Å²) in [7, 11) is 0. The molecule has 1 rings (SSSR count). The van der Waals surface area contributed by atoms with E-state index in [1.54, 1.807) is 0 Å². The minimum absolute atomic E-state index is 0.261. The van der Waals surface area contributed by atoms with E-state index in [0.717, 1.165) is 5.57 Å². The molecule has 1 aliphatic carbocycles. The van der Waals surface area contributed by atoms with Crippen LogP contribution in [0.3, 0.4) is 0 Å². The summed E-state index contributed by atoms with van der Waals surface area (Å²) >= 11 is 0. The van der Waals surface area contributed by atoms with Gasteiger partial charge in [0, 0.05) is 13.2 Å². The van der Waals surface area contributed by atoms with Crippen LogP contribution in [0, 0.1) is 5.41 Å². The summed E-state index contributed by atoms with van der Waals surface area (Å²) in [5, 5.41) is 0. The SMILES string of the molecule is CCOC(/C=C(C)/C=C/C=C(C)/C=C/C1=C(C)CCCC1(C)C)OCC. The Morgan fingerprint density at radius 1 is 1.08 bits per heavy atom. The Labute approximate surface area is 161 Å². The molecular formula is C24H38O2. The van der Waals surface area contributed by atoms with Gasteiger partial charge >= 0.3 is 0 Å². The minimum Gasteiger partial charge on any atom is -0.349 e. The molecule has 0 radical (unpaired) electrons. The van der Waals surface area contributed by atoms with Gasteiger partial charge in [-0.25, -0.2) is 0 Å². The average molecular weight is 359 g/mol. The molecule has 0 amide bonds. The van der Waals surface area contributed by atoms with E-state index in [-0.39, 0.29) is 6.29 Å². The van der Waals surface area contributed by atoms with E-state index in [0.29, 0.717) is 18.6 Å². The Kier molecular flexibility index (Phi) is 9.90. The van der Waals surface area contributed by atoms with E-state index in [1.807, 2.05) is 19.9 Å². The van der Waals surface area contributed by atoms with Gasteiger partial charge in [-0.1, -0.05) is 60.9 Å². The molecule has 0 saturated carbocycles. The van der Waals surface area contributed by atoms with Crippen LogP contribution in [0.25, 0.3) is 0 Å². The van der Waals surface area contributed by atoms with Crippen molar-refractivity contribution in [3.8, 4) is 0 Å². The first kappa shape index (κ1) is 22.7. The van der Waals surface area contributed by atoms with E-state index in [9.17, 15) is 0 Å².